The summed E-state index contributed by atoms with van der Waals surface area (Å²) in [6.07, 6.45) is 5.40. The van der Waals surface area contributed by atoms with Gasteiger partial charge in [-0.25, -0.2) is 4.79 Å². The van der Waals surface area contributed by atoms with Crippen LogP contribution in [0, 0.1) is 5.92 Å². The van der Waals surface area contributed by atoms with Gasteiger partial charge in [-0.05, 0) is 12.8 Å². The molecule has 3 N–H and O–H groups in total. The summed E-state index contributed by atoms with van der Waals surface area (Å²) in [4.78, 5) is 25.1. The van der Waals surface area contributed by atoms with E-state index in [0.717, 1.165) is 65.0 Å². The maximum absolute atomic E-state index is 13.3. The number of carbonyl (C=O) groups excluding carboxylic acids is 2. The van der Waals surface area contributed by atoms with Crippen molar-refractivity contribution in [3.05, 3.63) is 0 Å². The van der Waals surface area contributed by atoms with Crippen LogP contribution >= 0.6 is 0 Å². The number of quaternary nitrogens is 1. The molecule has 0 spiro atoms. The van der Waals surface area contributed by atoms with Gasteiger partial charge in [-0.2, -0.15) is 0 Å². The average Bonchev–Trinajstić information content (AvgIpc) is 2.56. The molecule has 2 amide bonds. The lowest BCUT2D eigenvalue weighted by molar-refractivity contribution is -0.910. The number of nitrogens with one attached hydrogen (secondary N) is 1. The van der Waals surface area contributed by atoms with Gasteiger partial charge in [0.05, 0.1) is 25.8 Å². The molecule has 22 heavy (non-hydrogen) atoms. The van der Waals surface area contributed by atoms with E-state index in [1.807, 2.05) is 0 Å². The Hall–Kier alpha value is -0.980. The number of hydrogen-bond donors (Lipinski definition) is 2. The van der Waals surface area contributed by atoms with E-state index < -0.39 is 11.8 Å². The van der Waals surface area contributed by atoms with Crippen molar-refractivity contribution >= 4 is 11.8 Å². The third-order valence-electron chi connectivity index (χ3n) is 5.88. The molecule has 0 saturated carbocycles. The van der Waals surface area contributed by atoms with Crippen molar-refractivity contribution < 1.29 is 18.8 Å². The first kappa shape index (κ1) is 15.9. The Morgan fingerprint density at radius 2 is 1.73 bits per heavy atom. The normalized spacial score (nSPS) is 35.5. The summed E-state index contributed by atoms with van der Waals surface area (Å²) in [5, 5.41) is 3.39. The van der Waals surface area contributed by atoms with E-state index >= 15 is 0 Å². The molecular formula is C16H28N3O3+. The van der Waals surface area contributed by atoms with Crippen LogP contribution < -0.4 is 11.1 Å². The Kier molecular flexibility index (Phi) is 4.80. The molecule has 3 aliphatic heterocycles. The fourth-order valence-corrected chi connectivity index (χ4v) is 4.78. The van der Waals surface area contributed by atoms with Gasteiger partial charge in [0.2, 0.25) is 5.91 Å². The van der Waals surface area contributed by atoms with Crippen molar-refractivity contribution in [2.45, 2.75) is 50.6 Å². The molecule has 2 unspecified atom stereocenters. The van der Waals surface area contributed by atoms with Gasteiger partial charge in [0.25, 0.3) is 0 Å². The first-order chi connectivity index (χ1) is 10.7. The molecule has 0 radical (unpaired) electrons. The first-order valence-electron chi connectivity index (χ1n) is 8.66. The number of amides is 2. The second kappa shape index (κ2) is 6.64. The largest absolute Gasteiger partial charge is 0.381 e. The molecule has 3 rings (SSSR count). The highest BCUT2D eigenvalue weighted by Crippen LogP contribution is 2.37. The van der Waals surface area contributed by atoms with Gasteiger partial charge < -0.3 is 15.8 Å². The Balaban J connectivity index is 1.93. The van der Waals surface area contributed by atoms with Crippen LogP contribution in [0.2, 0.25) is 0 Å². The number of carbonyl (C=O) groups is 2. The highest BCUT2D eigenvalue weighted by molar-refractivity contribution is 5.97. The van der Waals surface area contributed by atoms with Crippen molar-refractivity contribution in [1.29, 1.82) is 0 Å². The van der Waals surface area contributed by atoms with Crippen LogP contribution in [0.1, 0.15) is 38.5 Å². The van der Waals surface area contributed by atoms with E-state index in [4.69, 9.17) is 10.5 Å². The lowest BCUT2D eigenvalue weighted by atomic mass is 9.85. The van der Waals surface area contributed by atoms with Gasteiger partial charge in [-0.15, -0.1) is 0 Å². The Morgan fingerprint density at radius 1 is 1.09 bits per heavy atom. The third kappa shape index (κ3) is 2.68. The fourth-order valence-electron chi connectivity index (χ4n) is 4.78. The maximum atomic E-state index is 13.3. The van der Waals surface area contributed by atoms with Gasteiger partial charge in [-0.3, -0.25) is 9.28 Å². The number of piperidine rings is 2. The zero-order chi connectivity index (χ0) is 15.6. The highest BCUT2D eigenvalue weighted by Gasteiger charge is 2.55. The second-order valence-corrected chi connectivity index (χ2v) is 6.91. The molecule has 3 aliphatic rings. The predicted octanol–water partition coefficient (Wildman–Crippen LogP) is 0.156. The molecule has 0 aliphatic carbocycles. The van der Waals surface area contributed by atoms with Crippen LogP contribution in [0.25, 0.3) is 0 Å². The Bertz CT molecular complexity index is 410. The van der Waals surface area contributed by atoms with Crippen molar-refractivity contribution in [2.75, 3.05) is 32.8 Å². The minimum absolute atomic E-state index is 0.0950. The monoisotopic (exact) mass is 310 g/mol. The standard InChI is InChI=1S/C16H27N3O3/c17-15(20)14-2-1-9-19(16(14)21,12-3-7-18-8-4-12)13-5-10-22-11-6-13/h12-14,18H,1-11H2,(H-,17,20)/p+1. The van der Waals surface area contributed by atoms with Gasteiger partial charge in [-0.1, -0.05) is 0 Å². The van der Waals surface area contributed by atoms with E-state index in [9.17, 15) is 9.59 Å². The van der Waals surface area contributed by atoms with E-state index in [2.05, 4.69) is 5.32 Å². The van der Waals surface area contributed by atoms with Crippen LogP contribution in [0.5, 0.6) is 0 Å². The summed E-state index contributed by atoms with van der Waals surface area (Å²) >= 11 is 0. The molecule has 0 aromatic carbocycles. The topological polar surface area (TPSA) is 81.4 Å². The molecule has 124 valence electrons. The zero-order valence-electron chi connectivity index (χ0n) is 13.3. The van der Waals surface area contributed by atoms with Gasteiger partial charge in [0, 0.05) is 38.8 Å². The minimum atomic E-state index is -0.591. The number of rotatable bonds is 3. The summed E-state index contributed by atoms with van der Waals surface area (Å²) in [5.74, 6) is -0.933. The number of likely N-dealkylation sites (tertiary alicyclic amines) is 1. The summed E-state index contributed by atoms with van der Waals surface area (Å²) in [6, 6.07) is 0.630. The number of ether oxygens (including phenoxy) is 1. The van der Waals surface area contributed by atoms with E-state index in [-0.39, 0.29) is 5.91 Å². The molecule has 0 aromatic heterocycles. The second-order valence-electron chi connectivity index (χ2n) is 6.91. The van der Waals surface area contributed by atoms with E-state index in [1.54, 1.807) is 0 Å². The smallest absolute Gasteiger partial charge is 0.326 e. The summed E-state index contributed by atoms with van der Waals surface area (Å²) in [5.41, 5.74) is 5.53. The molecule has 3 heterocycles. The van der Waals surface area contributed by atoms with Crippen LogP contribution in [-0.4, -0.2) is 61.2 Å². The van der Waals surface area contributed by atoms with Gasteiger partial charge >= 0.3 is 5.91 Å². The maximum Gasteiger partial charge on any atom is 0.326 e. The lowest BCUT2D eigenvalue weighted by Gasteiger charge is -2.52. The summed E-state index contributed by atoms with van der Waals surface area (Å²) < 4.78 is 6.01. The molecule has 3 saturated heterocycles. The number of nitrogens with two attached hydrogens (primary N) is 1. The highest BCUT2D eigenvalue weighted by atomic mass is 16.5. The Labute approximate surface area is 131 Å². The van der Waals surface area contributed by atoms with Crippen LogP contribution in [0.3, 0.4) is 0 Å². The van der Waals surface area contributed by atoms with Crippen LogP contribution in [0.4, 0.5) is 0 Å². The Morgan fingerprint density at radius 3 is 2.36 bits per heavy atom. The summed E-state index contributed by atoms with van der Waals surface area (Å²) in [7, 11) is 0. The van der Waals surface area contributed by atoms with Crippen molar-refractivity contribution in [3.8, 4) is 0 Å². The number of nitrogens with zero attached hydrogens (tertiary/aromatic N) is 1. The van der Waals surface area contributed by atoms with Crippen molar-refractivity contribution in [2.24, 2.45) is 11.7 Å². The number of primary amides is 1. The number of hydrogen-bond acceptors (Lipinski definition) is 4. The molecule has 3 fully saturated rings. The third-order valence-corrected chi connectivity index (χ3v) is 5.88. The fraction of sp³-hybridized carbons (Fsp3) is 0.875. The van der Waals surface area contributed by atoms with Crippen molar-refractivity contribution in [3.63, 3.8) is 0 Å². The minimum Gasteiger partial charge on any atom is -0.381 e. The summed E-state index contributed by atoms with van der Waals surface area (Å²) in [6.45, 7) is 4.25. The lowest BCUT2D eigenvalue weighted by Crippen LogP contribution is -2.71. The zero-order valence-corrected chi connectivity index (χ0v) is 13.3. The van der Waals surface area contributed by atoms with Crippen LogP contribution in [0.15, 0.2) is 0 Å². The van der Waals surface area contributed by atoms with E-state index in [0.29, 0.717) is 23.0 Å². The predicted molar refractivity (Wildman–Crippen MR) is 81.8 cm³/mol. The van der Waals surface area contributed by atoms with E-state index in [1.165, 1.54) is 0 Å². The SMILES string of the molecule is NC(=O)C1CCC[N+](C2CCNCC2)(C2CCOCC2)C1=O. The van der Waals surface area contributed by atoms with Crippen molar-refractivity contribution in [1.82, 2.24) is 5.32 Å². The molecule has 0 bridgehead atoms. The quantitative estimate of drug-likeness (QED) is 0.574. The van der Waals surface area contributed by atoms with Gasteiger partial charge in [0.1, 0.15) is 6.04 Å². The molecule has 0 aromatic rings. The molecular weight excluding hydrogens is 282 g/mol. The first-order valence-corrected chi connectivity index (χ1v) is 8.66. The molecule has 6 heteroatoms. The van der Waals surface area contributed by atoms with Crippen LogP contribution in [-0.2, 0) is 14.3 Å². The average molecular weight is 310 g/mol. The molecule has 2 atom stereocenters. The molecule has 6 nitrogen and oxygen atoms in total. The van der Waals surface area contributed by atoms with Gasteiger partial charge in [0.15, 0.2) is 5.92 Å².